The molecule has 0 aromatic heterocycles. The molecule has 1 heterocycles. The van der Waals surface area contributed by atoms with Crippen molar-refractivity contribution in [2.75, 3.05) is 30.8 Å². The van der Waals surface area contributed by atoms with Gasteiger partial charge in [0.25, 0.3) is 0 Å². The summed E-state index contributed by atoms with van der Waals surface area (Å²) >= 11 is 0. The van der Waals surface area contributed by atoms with Gasteiger partial charge in [0.2, 0.25) is 0 Å². The van der Waals surface area contributed by atoms with Gasteiger partial charge in [-0.05, 0) is 12.1 Å². The summed E-state index contributed by atoms with van der Waals surface area (Å²) in [7, 11) is 1.70. The first-order valence-corrected chi connectivity index (χ1v) is 4.57. The number of rotatable bonds is 2. The number of aromatic hydroxyl groups is 1. The first-order chi connectivity index (χ1) is 6.72. The van der Waals surface area contributed by atoms with E-state index < -0.39 is 0 Å². The largest absolute Gasteiger partial charge is 0.506 e. The fourth-order valence-corrected chi connectivity index (χ4v) is 1.60. The van der Waals surface area contributed by atoms with Crippen LogP contribution in [0.25, 0.3) is 0 Å². The summed E-state index contributed by atoms with van der Waals surface area (Å²) in [6.45, 7) is 1.67. The zero-order valence-corrected chi connectivity index (χ0v) is 8.10. The molecule has 1 saturated heterocycles. The maximum Gasteiger partial charge on any atom is 0.140 e. The number of nitrogens with zero attached hydrogens (tertiary/aromatic N) is 1. The maximum absolute atomic E-state index is 9.41. The quantitative estimate of drug-likeness (QED) is 0.540. The van der Waals surface area contributed by atoms with E-state index in [1.54, 1.807) is 19.2 Å². The van der Waals surface area contributed by atoms with E-state index >= 15 is 0 Å². The summed E-state index contributed by atoms with van der Waals surface area (Å²) in [4.78, 5) is 2.09. The van der Waals surface area contributed by atoms with E-state index in [2.05, 4.69) is 4.90 Å². The van der Waals surface area contributed by atoms with Gasteiger partial charge in [-0.25, -0.2) is 0 Å². The fourth-order valence-electron chi connectivity index (χ4n) is 1.60. The van der Waals surface area contributed by atoms with Crippen LogP contribution in [0.2, 0.25) is 0 Å². The molecule has 1 fully saturated rings. The predicted octanol–water partition coefficient (Wildman–Crippen LogP) is 0.809. The van der Waals surface area contributed by atoms with E-state index in [0.29, 0.717) is 5.69 Å². The van der Waals surface area contributed by atoms with Crippen molar-refractivity contribution in [3.05, 3.63) is 18.2 Å². The maximum atomic E-state index is 9.41. The average Bonchev–Trinajstić information content (AvgIpc) is 2.10. The molecule has 0 saturated carbocycles. The third-order valence-electron chi connectivity index (χ3n) is 2.58. The summed E-state index contributed by atoms with van der Waals surface area (Å²) in [5, 5.41) is 9.41. The van der Waals surface area contributed by atoms with Crippen molar-refractivity contribution < 1.29 is 9.84 Å². The molecule has 0 amide bonds. The number of ether oxygens (including phenoxy) is 1. The molecule has 4 nitrogen and oxygen atoms in total. The Morgan fingerprint density at radius 3 is 2.86 bits per heavy atom. The minimum absolute atomic E-state index is 0.142. The Balaban J connectivity index is 2.14. The van der Waals surface area contributed by atoms with Gasteiger partial charge in [0, 0.05) is 20.2 Å². The molecule has 3 N–H and O–H groups in total. The van der Waals surface area contributed by atoms with Crippen LogP contribution in [0.5, 0.6) is 5.75 Å². The first kappa shape index (κ1) is 9.15. The topological polar surface area (TPSA) is 58.7 Å². The van der Waals surface area contributed by atoms with E-state index in [-0.39, 0.29) is 11.9 Å². The van der Waals surface area contributed by atoms with Gasteiger partial charge < -0.3 is 20.5 Å². The van der Waals surface area contributed by atoms with Crippen LogP contribution in [0.15, 0.2) is 18.2 Å². The number of hydrogen-bond donors (Lipinski definition) is 2. The molecular weight excluding hydrogens is 180 g/mol. The monoisotopic (exact) mass is 194 g/mol. The van der Waals surface area contributed by atoms with Gasteiger partial charge in [-0.15, -0.1) is 0 Å². The lowest BCUT2D eigenvalue weighted by molar-refractivity contribution is 0.0788. The van der Waals surface area contributed by atoms with Gasteiger partial charge in [-0.2, -0.15) is 0 Å². The molecule has 1 aromatic carbocycles. The third-order valence-corrected chi connectivity index (χ3v) is 2.58. The van der Waals surface area contributed by atoms with Crippen LogP contribution in [0.3, 0.4) is 0 Å². The molecule has 14 heavy (non-hydrogen) atoms. The summed E-state index contributed by atoms with van der Waals surface area (Å²) in [6, 6.07) is 5.29. The third kappa shape index (κ3) is 1.37. The highest BCUT2D eigenvalue weighted by atomic mass is 16.5. The lowest BCUT2D eigenvalue weighted by Gasteiger charge is -2.40. The molecule has 2 rings (SSSR count). The number of nitrogens with two attached hydrogens (primary N) is 1. The van der Waals surface area contributed by atoms with E-state index in [1.165, 1.54) is 0 Å². The number of methoxy groups -OCH3 is 1. The molecule has 0 radical (unpaired) electrons. The summed E-state index contributed by atoms with van der Waals surface area (Å²) in [5.41, 5.74) is 7.08. The minimum atomic E-state index is 0.142. The second kappa shape index (κ2) is 3.38. The summed E-state index contributed by atoms with van der Waals surface area (Å²) in [5.74, 6) is 0.142. The zero-order valence-electron chi connectivity index (χ0n) is 8.10. The van der Waals surface area contributed by atoms with E-state index in [9.17, 15) is 5.11 Å². The Morgan fingerprint density at radius 1 is 1.50 bits per heavy atom. The van der Waals surface area contributed by atoms with Gasteiger partial charge in [0.15, 0.2) is 0 Å². The van der Waals surface area contributed by atoms with Crippen LogP contribution >= 0.6 is 0 Å². The predicted molar refractivity (Wildman–Crippen MR) is 55.5 cm³/mol. The molecule has 1 aliphatic heterocycles. The van der Waals surface area contributed by atoms with E-state index in [1.807, 2.05) is 6.07 Å². The average molecular weight is 194 g/mol. The Kier molecular flexibility index (Phi) is 2.21. The molecule has 1 aliphatic rings. The molecular formula is C10H14N2O2. The van der Waals surface area contributed by atoms with Crippen LogP contribution < -0.4 is 10.6 Å². The standard InChI is InChI=1S/C10H14N2O2/c1-14-7-5-12(6-7)8-3-2-4-9(13)10(8)11/h2-4,7,13H,5-6,11H2,1H3. The first-order valence-electron chi connectivity index (χ1n) is 4.57. The number of anilines is 2. The smallest absolute Gasteiger partial charge is 0.140 e. The molecule has 76 valence electrons. The normalized spacial score (nSPS) is 16.8. The molecule has 4 heteroatoms. The SMILES string of the molecule is COC1CN(c2cccc(O)c2N)C1. The highest BCUT2D eigenvalue weighted by molar-refractivity contribution is 5.74. The van der Waals surface area contributed by atoms with Crippen LogP contribution in [-0.2, 0) is 4.74 Å². The van der Waals surface area contributed by atoms with Crippen LogP contribution in [0.1, 0.15) is 0 Å². The number of phenols is 1. The van der Waals surface area contributed by atoms with Crippen molar-refractivity contribution in [3.8, 4) is 5.75 Å². The zero-order chi connectivity index (χ0) is 10.1. The van der Waals surface area contributed by atoms with Gasteiger partial charge in [-0.1, -0.05) is 6.07 Å². The van der Waals surface area contributed by atoms with Crippen molar-refractivity contribution in [1.82, 2.24) is 0 Å². The Labute approximate surface area is 82.9 Å². The van der Waals surface area contributed by atoms with Crippen molar-refractivity contribution in [2.45, 2.75) is 6.10 Å². The minimum Gasteiger partial charge on any atom is -0.506 e. The molecule has 0 bridgehead atoms. The second-order valence-corrected chi connectivity index (χ2v) is 3.47. The molecule has 0 unspecified atom stereocenters. The van der Waals surface area contributed by atoms with Crippen molar-refractivity contribution in [2.24, 2.45) is 0 Å². The molecule has 0 spiro atoms. The molecule has 0 aliphatic carbocycles. The Morgan fingerprint density at radius 2 is 2.21 bits per heavy atom. The summed E-state index contributed by atoms with van der Waals surface area (Å²) in [6.07, 6.45) is 0.289. The van der Waals surface area contributed by atoms with E-state index in [0.717, 1.165) is 18.8 Å². The van der Waals surface area contributed by atoms with Crippen molar-refractivity contribution >= 4 is 11.4 Å². The fraction of sp³-hybridized carbons (Fsp3) is 0.400. The number of hydrogen-bond acceptors (Lipinski definition) is 4. The highest BCUT2D eigenvalue weighted by Crippen LogP contribution is 2.33. The number of para-hydroxylation sites is 1. The van der Waals surface area contributed by atoms with E-state index in [4.69, 9.17) is 10.5 Å². The van der Waals surface area contributed by atoms with Gasteiger partial charge >= 0.3 is 0 Å². The lowest BCUT2D eigenvalue weighted by Crippen LogP contribution is -2.52. The van der Waals surface area contributed by atoms with Crippen molar-refractivity contribution in [3.63, 3.8) is 0 Å². The lowest BCUT2D eigenvalue weighted by atomic mass is 10.1. The summed E-state index contributed by atoms with van der Waals surface area (Å²) < 4.78 is 5.16. The Bertz CT molecular complexity index is 335. The van der Waals surface area contributed by atoms with Gasteiger partial charge in [0.05, 0.1) is 17.5 Å². The number of benzene rings is 1. The van der Waals surface area contributed by atoms with Crippen LogP contribution in [0.4, 0.5) is 11.4 Å². The van der Waals surface area contributed by atoms with Crippen molar-refractivity contribution in [1.29, 1.82) is 0 Å². The number of phenolic OH excluding ortho intramolecular Hbond substituents is 1. The number of nitrogen functional groups attached to an aromatic ring is 1. The van der Waals surface area contributed by atoms with Crippen LogP contribution in [0, 0.1) is 0 Å². The molecule has 1 aromatic rings. The van der Waals surface area contributed by atoms with Gasteiger partial charge in [-0.3, -0.25) is 0 Å². The molecule has 0 atom stereocenters. The van der Waals surface area contributed by atoms with Crippen LogP contribution in [-0.4, -0.2) is 31.4 Å². The highest BCUT2D eigenvalue weighted by Gasteiger charge is 2.28. The Hall–Kier alpha value is -1.42. The van der Waals surface area contributed by atoms with Gasteiger partial charge in [0.1, 0.15) is 5.75 Å². The second-order valence-electron chi connectivity index (χ2n) is 3.47.